The molecule has 6 heteroatoms. The van der Waals surface area contributed by atoms with E-state index in [0.29, 0.717) is 17.1 Å². The number of carbonyl (C=O) groups is 2. The van der Waals surface area contributed by atoms with E-state index in [0.717, 1.165) is 10.5 Å². The van der Waals surface area contributed by atoms with E-state index in [1.165, 1.54) is 18.7 Å². The van der Waals surface area contributed by atoms with E-state index in [1.807, 2.05) is 31.2 Å². The Labute approximate surface area is 151 Å². The summed E-state index contributed by atoms with van der Waals surface area (Å²) in [5, 5.41) is 3.13. The number of hydrogen-bond donors (Lipinski definition) is 1. The summed E-state index contributed by atoms with van der Waals surface area (Å²) in [7, 11) is 0. The van der Waals surface area contributed by atoms with Crippen LogP contribution in [0.1, 0.15) is 22.8 Å². The van der Waals surface area contributed by atoms with E-state index in [2.05, 4.69) is 16.9 Å². The van der Waals surface area contributed by atoms with Gasteiger partial charge in [-0.3, -0.25) is 4.79 Å². The Morgan fingerprint density at radius 1 is 1.32 bits per heavy atom. The van der Waals surface area contributed by atoms with Gasteiger partial charge in [-0.15, -0.1) is 6.58 Å². The van der Waals surface area contributed by atoms with Crippen molar-refractivity contribution in [1.29, 1.82) is 0 Å². The maximum atomic E-state index is 12.4. The number of rotatable bonds is 7. The second kappa shape index (κ2) is 9.03. The van der Waals surface area contributed by atoms with Gasteiger partial charge in [-0.1, -0.05) is 35.5 Å². The van der Waals surface area contributed by atoms with Crippen molar-refractivity contribution < 1.29 is 14.3 Å². The Hall–Kier alpha value is -2.60. The fourth-order valence-corrected chi connectivity index (χ4v) is 2.81. The van der Waals surface area contributed by atoms with Gasteiger partial charge in [0.1, 0.15) is 5.03 Å². The number of hydrogen-bond acceptors (Lipinski definition) is 5. The Kier molecular flexibility index (Phi) is 6.77. The monoisotopic (exact) mass is 356 g/mol. The summed E-state index contributed by atoms with van der Waals surface area (Å²) in [5.74, 6) is -0.950. The van der Waals surface area contributed by atoms with Crippen LogP contribution < -0.4 is 5.32 Å². The van der Waals surface area contributed by atoms with Crippen molar-refractivity contribution in [2.75, 3.05) is 6.54 Å². The molecule has 1 atom stereocenters. The number of nitrogens with one attached hydrogen (secondary N) is 1. The van der Waals surface area contributed by atoms with Gasteiger partial charge in [0.05, 0.1) is 5.56 Å². The summed E-state index contributed by atoms with van der Waals surface area (Å²) >= 11 is 1.37. The number of pyridine rings is 1. The molecular formula is C19H20N2O3S. The molecule has 0 aliphatic heterocycles. The van der Waals surface area contributed by atoms with Crippen LogP contribution in [0.2, 0.25) is 0 Å². The van der Waals surface area contributed by atoms with Crippen molar-refractivity contribution in [3.05, 3.63) is 66.4 Å². The summed E-state index contributed by atoms with van der Waals surface area (Å²) in [6, 6.07) is 11.2. The van der Waals surface area contributed by atoms with Crippen molar-refractivity contribution in [3.63, 3.8) is 0 Å². The fraction of sp³-hybridized carbons (Fsp3) is 0.211. The first kappa shape index (κ1) is 18.7. The lowest BCUT2D eigenvalue weighted by atomic mass is 10.2. The zero-order valence-electron chi connectivity index (χ0n) is 14.2. The summed E-state index contributed by atoms with van der Waals surface area (Å²) in [6.45, 7) is 7.38. The van der Waals surface area contributed by atoms with Gasteiger partial charge in [0, 0.05) is 17.6 Å². The van der Waals surface area contributed by atoms with Gasteiger partial charge in [-0.2, -0.15) is 0 Å². The molecule has 0 aliphatic carbocycles. The molecule has 0 spiro atoms. The third-order valence-corrected chi connectivity index (χ3v) is 4.33. The maximum absolute atomic E-state index is 12.4. The second-order valence-corrected chi connectivity index (χ2v) is 6.41. The van der Waals surface area contributed by atoms with Crippen molar-refractivity contribution in [1.82, 2.24) is 10.3 Å². The van der Waals surface area contributed by atoms with Crippen molar-refractivity contribution >= 4 is 23.6 Å². The molecule has 0 unspecified atom stereocenters. The minimum atomic E-state index is -0.898. The average molecular weight is 356 g/mol. The smallest absolute Gasteiger partial charge is 0.341 e. The lowest BCUT2D eigenvalue weighted by molar-refractivity contribution is -0.128. The first-order valence-electron chi connectivity index (χ1n) is 7.80. The van der Waals surface area contributed by atoms with Gasteiger partial charge >= 0.3 is 5.97 Å². The number of amides is 1. The summed E-state index contributed by atoms with van der Waals surface area (Å²) in [4.78, 5) is 29.5. The SMILES string of the molecule is C=CCNC(=O)[C@@H](C)OC(=O)c1cccnc1Sc1ccc(C)cc1. The summed E-state index contributed by atoms with van der Waals surface area (Å²) < 4.78 is 5.25. The Morgan fingerprint density at radius 2 is 2.04 bits per heavy atom. The highest BCUT2D eigenvalue weighted by atomic mass is 32.2. The molecule has 5 nitrogen and oxygen atoms in total. The van der Waals surface area contributed by atoms with Crippen LogP contribution in [0.15, 0.2) is 65.2 Å². The molecule has 0 saturated heterocycles. The summed E-state index contributed by atoms with van der Waals surface area (Å²) in [5.41, 5.74) is 1.49. The van der Waals surface area contributed by atoms with Crippen LogP contribution in [0.3, 0.4) is 0 Å². The summed E-state index contributed by atoms with van der Waals surface area (Å²) in [6.07, 6.45) is 2.28. The molecule has 0 radical (unpaired) electrons. The molecule has 2 aromatic rings. The van der Waals surface area contributed by atoms with Crippen molar-refractivity contribution in [2.45, 2.75) is 29.9 Å². The van der Waals surface area contributed by atoms with Crippen molar-refractivity contribution in [2.24, 2.45) is 0 Å². The van der Waals surface area contributed by atoms with Gasteiger partial charge < -0.3 is 10.1 Å². The van der Waals surface area contributed by atoms with Crippen LogP contribution in [0.5, 0.6) is 0 Å². The molecular weight excluding hydrogens is 336 g/mol. The minimum absolute atomic E-state index is 0.322. The number of aromatic nitrogens is 1. The maximum Gasteiger partial charge on any atom is 0.341 e. The van der Waals surface area contributed by atoms with Crippen LogP contribution in [-0.2, 0) is 9.53 Å². The molecule has 25 heavy (non-hydrogen) atoms. The molecule has 130 valence electrons. The van der Waals surface area contributed by atoms with E-state index in [9.17, 15) is 9.59 Å². The van der Waals surface area contributed by atoms with Crippen LogP contribution in [0.25, 0.3) is 0 Å². The van der Waals surface area contributed by atoms with Gasteiger partial charge in [-0.25, -0.2) is 9.78 Å². The highest BCUT2D eigenvalue weighted by molar-refractivity contribution is 7.99. The molecule has 1 heterocycles. The van der Waals surface area contributed by atoms with Crippen LogP contribution in [-0.4, -0.2) is 29.5 Å². The Balaban J connectivity index is 2.10. The van der Waals surface area contributed by atoms with E-state index in [4.69, 9.17) is 4.74 Å². The first-order chi connectivity index (χ1) is 12.0. The quantitative estimate of drug-likeness (QED) is 0.608. The molecule has 1 amide bonds. The average Bonchev–Trinajstić information content (AvgIpc) is 2.61. The first-order valence-corrected chi connectivity index (χ1v) is 8.62. The van der Waals surface area contributed by atoms with Crippen LogP contribution in [0.4, 0.5) is 0 Å². The molecule has 1 aromatic carbocycles. The van der Waals surface area contributed by atoms with E-state index >= 15 is 0 Å². The minimum Gasteiger partial charge on any atom is -0.449 e. The zero-order valence-corrected chi connectivity index (χ0v) is 15.0. The molecule has 1 N–H and O–H groups in total. The third-order valence-electron chi connectivity index (χ3n) is 3.30. The lowest BCUT2D eigenvalue weighted by Gasteiger charge is -2.14. The number of ether oxygens (including phenoxy) is 1. The largest absolute Gasteiger partial charge is 0.449 e. The van der Waals surface area contributed by atoms with Gasteiger partial charge in [-0.05, 0) is 38.1 Å². The predicted octanol–water partition coefficient (Wildman–Crippen LogP) is 3.39. The van der Waals surface area contributed by atoms with Crippen molar-refractivity contribution in [3.8, 4) is 0 Å². The molecule has 1 aromatic heterocycles. The number of esters is 1. The number of nitrogens with zero attached hydrogens (tertiary/aromatic N) is 1. The van der Waals surface area contributed by atoms with E-state index < -0.39 is 12.1 Å². The van der Waals surface area contributed by atoms with E-state index in [1.54, 1.807) is 24.4 Å². The second-order valence-electron chi connectivity index (χ2n) is 5.35. The molecule has 0 aliphatic rings. The zero-order chi connectivity index (χ0) is 18.2. The third kappa shape index (κ3) is 5.46. The standard InChI is InChI=1S/C19H20N2O3S/c1-4-11-20-17(22)14(3)24-19(23)16-6-5-12-21-18(16)25-15-9-7-13(2)8-10-15/h4-10,12,14H,1,11H2,2-3H3,(H,20,22)/t14-/m1/s1. The highest BCUT2D eigenvalue weighted by Gasteiger charge is 2.21. The highest BCUT2D eigenvalue weighted by Crippen LogP contribution is 2.29. The Bertz CT molecular complexity index is 760. The lowest BCUT2D eigenvalue weighted by Crippen LogP contribution is -2.35. The normalized spacial score (nSPS) is 11.4. The fourth-order valence-electron chi connectivity index (χ4n) is 1.94. The topological polar surface area (TPSA) is 68.3 Å². The van der Waals surface area contributed by atoms with E-state index in [-0.39, 0.29) is 5.91 Å². The van der Waals surface area contributed by atoms with Crippen LogP contribution in [0, 0.1) is 6.92 Å². The van der Waals surface area contributed by atoms with Gasteiger partial charge in [0.25, 0.3) is 5.91 Å². The predicted molar refractivity (Wildman–Crippen MR) is 97.6 cm³/mol. The Morgan fingerprint density at radius 3 is 2.72 bits per heavy atom. The number of benzene rings is 1. The molecule has 0 fully saturated rings. The van der Waals surface area contributed by atoms with Crippen LogP contribution >= 0.6 is 11.8 Å². The molecule has 0 bridgehead atoms. The number of carbonyl (C=O) groups excluding carboxylic acids is 2. The molecule has 2 rings (SSSR count). The number of aryl methyl sites for hydroxylation is 1. The van der Waals surface area contributed by atoms with Gasteiger partial charge in [0.2, 0.25) is 0 Å². The molecule has 0 saturated carbocycles. The van der Waals surface area contributed by atoms with Gasteiger partial charge in [0.15, 0.2) is 6.10 Å².